The van der Waals surface area contributed by atoms with Crippen molar-refractivity contribution >= 4 is 5.97 Å². The van der Waals surface area contributed by atoms with Crippen molar-refractivity contribution in [3.8, 4) is 5.75 Å². The molecule has 0 aromatic heterocycles. The molecule has 0 heterocycles. The molecule has 0 radical (unpaired) electrons. The molecule has 0 aliphatic carbocycles. The number of hydrogen-bond acceptors (Lipinski definition) is 4. The van der Waals surface area contributed by atoms with Crippen LogP contribution in [-0.4, -0.2) is 25.2 Å². The predicted octanol–water partition coefficient (Wildman–Crippen LogP) is 1.52. The zero-order chi connectivity index (χ0) is 12.9. The molecule has 0 saturated heterocycles. The summed E-state index contributed by atoms with van der Waals surface area (Å²) in [5.41, 5.74) is 5.92. The Labute approximate surface area is 102 Å². The summed E-state index contributed by atoms with van der Waals surface area (Å²) in [5, 5.41) is 0. The lowest BCUT2D eigenvalue weighted by atomic mass is 9.94. The van der Waals surface area contributed by atoms with Gasteiger partial charge in [-0.3, -0.25) is 4.79 Å². The number of rotatable bonds is 5. The maximum atomic E-state index is 11.6. The Bertz CT molecular complexity index is 371. The largest absolute Gasteiger partial charge is 0.497 e. The zero-order valence-corrected chi connectivity index (χ0v) is 10.5. The van der Waals surface area contributed by atoms with Crippen molar-refractivity contribution in [1.82, 2.24) is 0 Å². The molecule has 0 fully saturated rings. The third kappa shape index (κ3) is 3.75. The van der Waals surface area contributed by atoms with Crippen molar-refractivity contribution < 1.29 is 14.3 Å². The Hall–Kier alpha value is -1.55. The van der Waals surface area contributed by atoms with E-state index >= 15 is 0 Å². The smallest absolute Gasteiger partial charge is 0.326 e. The number of hydrogen-bond donors (Lipinski definition) is 1. The van der Waals surface area contributed by atoms with E-state index in [1.807, 2.05) is 24.3 Å². The molecule has 94 valence electrons. The number of benzene rings is 1. The van der Waals surface area contributed by atoms with Crippen LogP contribution in [0.25, 0.3) is 0 Å². The molecule has 0 amide bonds. The van der Waals surface area contributed by atoms with Crippen molar-refractivity contribution in [2.45, 2.75) is 25.8 Å². The van der Waals surface area contributed by atoms with Crippen molar-refractivity contribution in [2.24, 2.45) is 5.73 Å². The summed E-state index contributed by atoms with van der Waals surface area (Å²) >= 11 is 0. The Morgan fingerprint density at radius 2 is 1.94 bits per heavy atom. The monoisotopic (exact) mass is 237 g/mol. The lowest BCUT2D eigenvalue weighted by Crippen LogP contribution is -2.48. The van der Waals surface area contributed by atoms with Gasteiger partial charge < -0.3 is 15.2 Å². The minimum Gasteiger partial charge on any atom is -0.497 e. The van der Waals surface area contributed by atoms with Crippen molar-refractivity contribution in [1.29, 1.82) is 0 Å². The van der Waals surface area contributed by atoms with Crippen LogP contribution >= 0.6 is 0 Å². The number of methoxy groups -OCH3 is 1. The van der Waals surface area contributed by atoms with Crippen LogP contribution in [-0.2, 0) is 16.0 Å². The minimum absolute atomic E-state index is 0.342. The van der Waals surface area contributed by atoms with Gasteiger partial charge in [0.05, 0.1) is 13.7 Å². The third-order valence-corrected chi connectivity index (χ3v) is 2.47. The molecule has 0 bridgehead atoms. The molecule has 0 saturated carbocycles. The maximum Gasteiger partial charge on any atom is 0.326 e. The SMILES string of the molecule is CCOC(=O)[C@@](C)(N)Cc1ccc(OC)cc1. The summed E-state index contributed by atoms with van der Waals surface area (Å²) in [6, 6.07) is 7.47. The van der Waals surface area contributed by atoms with Gasteiger partial charge in [-0.05, 0) is 31.5 Å². The van der Waals surface area contributed by atoms with Gasteiger partial charge >= 0.3 is 5.97 Å². The van der Waals surface area contributed by atoms with Gasteiger partial charge in [-0.2, -0.15) is 0 Å². The van der Waals surface area contributed by atoms with Gasteiger partial charge in [0.1, 0.15) is 11.3 Å². The van der Waals surface area contributed by atoms with E-state index in [1.54, 1.807) is 21.0 Å². The third-order valence-electron chi connectivity index (χ3n) is 2.47. The van der Waals surface area contributed by atoms with Gasteiger partial charge in [0, 0.05) is 6.42 Å². The lowest BCUT2D eigenvalue weighted by Gasteiger charge is -2.22. The number of esters is 1. The number of carbonyl (C=O) groups is 1. The fourth-order valence-corrected chi connectivity index (χ4v) is 1.54. The van der Waals surface area contributed by atoms with E-state index in [2.05, 4.69) is 0 Å². The van der Waals surface area contributed by atoms with E-state index in [0.717, 1.165) is 11.3 Å². The molecule has 0 spiro atoms. The first-order valence-electron chi connectivity index (χ1n) is 5.58. The predicted molar refractivity (Wildman–Crippen MR) is 65.9 cm³/mol. The van der Waals surface area contributed by atoms with Crippen LogP contribution in [0.3, 0.4) is 0 Å². The fraction of sp³-hybridized carbons (Fsp3) is 0.462. The highest BCUT2D eigenvalue weighted by atomic mass is 16.5. The quantitative estimate of drug-likeness (QED) is 0.789. The lowest BCUT2D eigenvalue weighted by molar-refractivity contribution is -0.148. The molecule has 2 N–H and O–H groups in total. The summed E-state index contributed by atoms with van der Waals surface area (Å²) in [7, 11) is 1.61. The highest BCUT2D eigenvalue weighted by Crippen LogP contribution is 2.16. The first-order valence-corrected chi connectivity index (χ1v) is 5.58. The summed E-state index contributed by atoms with van der Waals surface area (Å²) in [5.74, 6) is 0.402. The highest BCUT2D eigenvalue weighted by Gasteiger charge is 2.30. The van der Waals surface area contributed by atoms with E-state index in [1.165, 1.54) is 0 Å². The molecule has 17 heavy (non-hydrogen) atoms. The fourth-order valence-electron chi connectivity index (χ4n) is 1.54. The van der Waals surface area contributed by atoms with E-state index in [0.29, 0.717) is 13.0 Å². The van der Waals surface area contributed by atoms with Crippen LogP contribution in [0, 0.1) is 0 Å². The molecule has 1 aromatic rings. The van der Waals surface area contributed by atoms with E-state index in [4.69, 9.17) is 15.2 Å². The summed E-state index contributed by atoms with van der Waals surface area (Å²) in [6.07, 6.45) is 0.440. The van der Waals surface area contributed by atoms with Crippen molar-refractivity contribution in [3.63, 3.8) is 0 Å². The van der Waals surface area contributed by atoms with Gasteiger partial charge in [-0.15, -0.1) is 0 Å². The van der Waals surface area contributed by atoms with Gasteiger partial charge in [0.25, 0.3) is 0 Å². The number of ether oxygens (including phenoxy) is 2. The first kappa shape index (κ1) is 13.5. The molecule has 0 aliphatic rings. The second-order valence-corrected chi connectivity index (χ2v) is 4.16. The standard InChI is InChI=1S/C13H19NO3/c1-4-17-12(15)13(2,14)9-10-5-7-11(16-3)8-6-10/h5-8H,4,9,14H2,1-3H3/t13-/m0/s1. The van der Waals surface area contributed by atoms with Crippen molar-refractivity contribution in [3.05, 3.63) is 29.8 Å². The van der Waals surface area contributed by atoms with Crippen LogP contribution in [0.2, 0.25) is 0 Å². The molecule has 0 unspecified atom stereocenters. The molecular formula is C13H19NO3. The van der Waals surface area contributed by atoms with Crippen LogP contribution in [0.4, 0.5) is 0 Å². The maximum absolute atomic E-state index is 11.6. The van der Waals surface area contributed by atoms with Gasteiger partial charge in [-0.1, -0.05) is 12.1 Å². The van der Waals surface area contributed by atoms with Crippen molar-refractivity contribution in [2.75, 3.05) is 13.7 Å². The second kappa shape index (κ2) is 5.68. The molecule has 1 atom stereocenters. The Kier molecular flexibility index (Phi) is 4.52. The van der Waals surface area contributed by atoms with Crippen LogP contribution < -0.4 is 10.5 Å². The topological polar surface area (TPSA) is 61.5 Å². The van der Waals surface area contributed by atoms with Crippen LogP contribution in [0.5, 0.6) is 5.75 Å². The van der Waals surface area contributed by atoms with Crippen LogP contribution in [0.15, 0.2) is 24.3 Å². The summed E-state index contributed by atoms with van der Waals surface area (Å²) in [6.45, 7) is 3.78. The zero-order valence-electron chi connectivity index (χ0n) is 10.5. The molecule has 4 heteroatoms. The molecule has 1 aromatic carbocycles. The van der Waals surface area contributed by atoms with Gasteiger partial charge in [0.15, 0.2) is 0 Å². The molecule has 0 aliphatic heterocycles. The van der Waals surface area contributed by atoms with E-state index in [-0.39, 0.29) is 5.97 Å². The number of carbonyl (C=O) groups excluding carboxylic acids is 1. The summed E-state index contributed by atoms with van der Waals surface area (Å²) in [4.78, 5) is 11.6. The van der Waals surface area contributed by atoms with Gasteiger partial charge in [0.2, 0.25) is 0 Å². The van der Waals surface area contributed by atoms with E-state index < -0.39 is 5.54 Å². The average Bonchev–Trinajstić information content (AvgIpc) is 2.30. The first-order chi connectivity index (χ1) is 7.99. The van der Waals surface area contributed by atoms with Crippen LogP contribution in [0.1, 0.15) is 19.4 Å². The van der Waals surface area contributed by atoms with E-state index in [9.17, 15) is 4.79 Å². The minimum atomic E-state index is -0.995. The Balaban J connectivity index is 2.71. The normalized spacial score (nSPS) is 13.9. The summed E-state index contributed by atoms with van der Waals surface area (Å²) < 4.78 is 10.00. The Morgan fingerprint density at radius 1 is 1.35 bits per heavy atom. The average molecular weight is 237 g/mol. The molecule has 4 nitrogen and oxygen atoms in total. The number of nitrogens with two attached hydrogens (primary N) is 1. The highest BCUT2D eigenvalue weighted by molar-refractivity contribution is 5.80. The Morgan fingerprint density at radius 3 is 2.41 bits per heavy atom. The molecular weight excluding hydrogens is 218 g/mol. The second-order valence-electron chi connectivity index (χ2n) is 4.16. The van der Waals surface area contributed by atoms with Gasteiger partial charge in [-0.25, -0.2) is 0 Å². The molecule has 1 rings (SSSR count).